The third-order valence-corrected chi connectivity index (χ3v) is 4.67. The Morgan fingerprint density at radius 1 is 1.22 bits per heavy atom. The van der Waals surface area contributed by atoms with Crippen LogP contribution in [0.2, 0.25) is 5.02 Å². The molecule has 0 aromatic heterocycles. The van der Waals surface area contributed by atoms with E-state index in [0.717, 1.165) is 6.42 Å². The van der Waals surface area contributed by atoms with Crippen molar-refractivity contribution in [2.45, 2.75) is 38.6 Å². The highest BCUT2D eigenvalue weighted by Crippen LogP contribution is 2.35. The number of nitrogens with one attached hydrogen (secondary N) is 2. The monoisotopic (exact) mass is 340 g/mol. The minimum atomic E-state index is -0.0141. The molecule has 1 aliphatic carbocycles. The molecular formula is C17H25ClN2O3. The van der Waals surface area contributed by atoms with Gasteiger partial charge in [-0.2, -0.15) is 0 Å². The van der Waals surface area contributed by atoms with Crippen LogP contribution in [0, 0.1) is 5.92 Å². The fraction of sp³-hybridized carbons (Fsp3) is 0.588. The average molecular weight is 341 g/mol. The molecule has 128 valence electrons. The normalized spacial score (nSPS) is 20.7. The van der Waals surface area contributed by atoms with E-state index in [0.29, 0.717) is 28.1 Å². The van der Waals surface area contributed by atoms with Crippen LogP contribution in [0.1, 0.15) is 32.6 Å². The van der Waals surface area contributed by atoms with Gasteiger partial charge in [-0.1, -0.05) is 31.4 Å². The Morgan fingerprint density at radius 3 is 2.57 bits per heavy atom. The molecule has 0 saturated heterocycles. The topological polar surface area (TPSA) is 59.6 Å². The first-order valence-corrected chi connectivity index (χ1v) is 8.37. The van der Waals surface area contributed by atoms with Gasteiger partial charge in [0.2, 0.25) is 5.91 Å². The number of rotatable bonds is 6. The third kappa shape index (κ3) is 4.67. The molecule has 0 spiro atoms. The summed E-state index contributed by atoms with van der Waals surface area (Å²) in [5, 5.41) is 6.68. The van der Waals surface area contributed by atoms with Gasteiger partial charge >= 0.3 is 0 Å². The molecule has 1 amide bonds. The Morgan fingerprint density at radius 2 is 1.91 bits per heavy atom. The molecule has 5 nitrogen and oxygen atoms in total. The lowest BCUT2D eigenvalue weighted by Gasteiger charge is -2.29. The Balaban J connectivity index is 1.95. The number of hydrogen-bond donors (Lipinski definition) is 2. The first kappa shape index (κ1) is 17.7. The second kappa shape index (κ2) is 8.29. The molecule has 6 heteroatoms. The van der Waals surface area contributed by atoms with Gasteiger partial charge in [0.05, 0.1) is 31.5 Å². The number of methoxy groups -OCH3 is 2. The second-order valence-corrected chi connectivity index (χ2v) is 6.38. The number of amides is 1. The van der Waals surface area contributed by atoms with E-state index in [9.17, 15) is 4.79 Å². The van der Waals surface area contributed by atoms with Crippen molar-refractivity contribution >= 4 is 23.2 Å². The molecule has 1 aliphatic rings. The highest BCUT2D eigenvalue weighted by molar-refractivity contribution is 6.32. The molecule has 0 heterocycles. The van der Waals surface area contributed by atoms with Crippen LogP contribution in [-0.4, -0.2) is 32.7 Å². The summed E-state index contributed by atoms with van der Waals surface area (Å²) in [6, 6.07) is 3.68. The minimum Gasteiger partial charge on any atom is -0.495 e. The smallest absolute Gasteiger partial charge is 0.239 e. The second-order valence-electron chi connectivity index (χ2n) is 5.98. The maximum absolute atomic E-state index is 12.2. The predicted octanol–water partition coefficient (Wildman–Crippen LogP) is 3.46. The molecule has 2 N–H and O–H groups in total. The molecule has 1 fully saturated rings. The van der Waals surface area contributed by atoms with Gasteiger partial charge in [-0.05, 0) is 18.8 Å². The van der Waals surface area contributed by atoms with Crippen LogP contribution in [0.5, 0.6) is 11.5 Å². The summed E-state index contributed by atoms with van der Waals surface area (Å²) in [7, 11) is 3.11. The first-order chi connectivity index (χ1) is 11.0. The van der Waals surface area contributed by atoms with Crippen molar-refractivity contribution in [3.8, 4) is 11.5 Å². The van der Waals surface area contributed by atoms with E-state index in [-0.39, 0.29) is 18.5 Å². The van der Waals surface area contributed by atoms with Gasteiger partial charge in [0.15, 0.2) is 0 Å². The molecule has 1 aromatic rings. The lowest BCUT2D eigenvalue weighted by atomic mass is 9.86. The number of benzene rings is 1. The number of halogens is 1. The zero-order valence-electron chi connectivity index (χ0n) is 13.9. The number of carbonyl (C=O) groups excluding carboxylic acids is 1. The zero-order chi connectivity index (χ0) is 16.8. The standard InChI is InChI=1S/C17H25ClN2O3/c1-11-6-4-5-7-13(11)20-17(21)10-19-14-9-15(22-2)12(18)8-16(14)23-3/h8-9,11,13,19H,4-7,10H2,1-3H3,(H,20,21). The quantitative estimate of drug-likeness (QED) is 0.832. The molecule has 2 unspecified atom stereocenters. The summed E-state index contributed by atoms with van der Waals surface area (Å²) in [6.07, 6.45) is 4.68. The van der Waals surface area contributed by atoms with Crippen molar-refractivity contribution in [2.75, 3.05) is 26.1 Å². The molecule has 1 saturated carbocycles. The number of carbonyl (C=O) groups is 1. The zero-order valence-corrected chi connectivity index (χ0v) is 14.7. The van der Waals surface area contributed by atoms with Gasteiger partial charge in [0.1, 0.15) is 11.5 Å². The lowest BCUT2D eigenvalue weighted by Crippen LogP contribution is -2.43. The van der Waals surface area contributed by atoms with E-state index >= 15 is 0 Å². The Hall–Kier alpha value is -1.62. The summed E-state index contributed by atoms with van der Waals surface area (Å²) < 4.78 is 10.5. The van der Waals surface area contributed by atoms with Gasteiger partial charge in [0, 0.05) is 18.2 Å². The van der Waals surface area contributed by atoms with Crippen LogP contribution in [0.25, 0.3) is 0 Å². The molecule has 0 radical (unpaired) electrons. The predicted molar refractivity (Wildman–Crippen MR) is 92.6 cm³/mol. The Bertz CT molecular complexity index is 551. The van der Waals surface area contributed by atoms with E-state index in [1.165, 1.54) is 19.3 Å². The van der Waals surface area contributed by atoms with Crippen LogP contribution >= 0.6 is 11.6 Å². The summed E-state index contributed by atoms with van der Waals surface area (Å²) in [4.78, 5) is 12.2. The SMILES string of the molecule is COc1cc(NCC(=O)NC2CCCCC2C)c(OC)cc1Cl. The van der Waals surface area contributed by atoms with Crippen LogP contribution in [0.15, 0.2) is 12.1 Å². The van der Waals surface area contributed by atoms with Gasteiger partial charge in [0.25, 0.3) is 0 Å². The van der Waals surface area contributed by atoms with Gasteiger partial charge in [-0.25, -0.2) is 0 Å². The first-order valence-electron chi connectivity index (χ1n) is 8.00. The average Bonchev–Trinajstić information content (AvgIpc) is 2.55. The van der Waals surface area contributed by atoms with E-state index in [1.807, 2.05) is 0 Å². The van der Waals surface area contributed by atoms with Crippen molar-refractivity contribution < 1.29 is 14.3 Å². The fourth-order valence-electron chi connectivity index (χ4n) is 2.96. The summed E-state index contributed by atoms with van der Waals surface area (Å²) in [5.41, 5.74) is 0.681. The molecule has 2 atom stereocenters. The van der Waals surface area contributed by atoms with Crippen molar-refractivity contribution in [3.63, 3.8) is 0 Å². The van der Waals surface area contributed by atoms with Crippen molar-refractivity contribution in [1.29, 1.82) is 0 Å². The fourth-order valence-corrected chi connectivity index (χ4v) is 3.19. The lowest BCUT2D eigenvalue weighted by molar-refractivity contribution is -0.120. The van der Waals surface area contributed by atoms with Gasteiger partial charge in [-0.15, -0.1) is 0 Å². The summed E-state index contributed by atoms with van der Waals surface area (Å²) >= 11 is 6.08. The van der Waals surface area contributed by atoms with E-state index in [4.69, 9.17) is 21.1 Å². The highest BCUT2D eigenvalue weighted by atomic mass is 35.5. The van der Waals surface area contributed by atoms with Crippen LogP contribution in [0.4, 0.5) is 5.69 Å². The van der Waals surface area contributed by atoms with Crippen LogP contribution in [-0.2, 0) is 4.79 Å². The summed E-state index contributed by atoms with van der Waals surface area (Å²) in [5.74, 6) is 1.64. The molecule has 2 rings (SSSR count). The molecule has 23 heavy (non-hydrogen) atoms. The van der Waals surface area contributed by atoms with Crippen molar-refractivity contribution in [2.24, 2.45) is 5.92 Å². The molecule has 0 bridgehead atoms. The van der Waals surface area contributed by atoms with Crippen LogP contribution < -0.4 is 20.1 Å². The maximum Gasteiger partial charge on any atom is 0.239 e. The Kier molecular flexibility index (Phi) is 6.39. The van der Waals surface area contributed by atoms with Gasteiger partial charge < -0.3 is 20.1 Å². The number of ether oxygens (including phenoxy) is 2. The largest absolute Gasteiger partial charge is 0.495 e. The highest BCUT2D eigenvalue weighted by Gasteiger charge is 2.22. The number of hydrogen-bond acceptors (Lipinski definition) is 4. The minimum absolute atomic E-state index is 0.0141. The molecule has 0 aliphatic heterocycles. The van der Waals surface area contributed by atoms with E-state index in [2.05, 4.69) is 17.6 Å². The van der Waals surface area contributed by atoms with Crippen LogP contribution in [0.3, 0.4) is 0 Å². The maximum atomic E-state index is 12.2. The van der Waals surface area contributed by atoms with Gasteiger partial charge in [-0.3, -0.25) is 4.79 Å². The van der Waals surface area contributed by atoms with E-state index in [1.54, 1.807) is 26.4 Å². The molecular weight excluding hydrogens is 316 g/mol. The Labute approximate surface area is 142 Å². The number of anilines is 1. The molecule has 1 aromatic carbocycles. The van der Waals surface area contributed by atoms with Crippen molar-refractivity contribution in [1.82, 2.24) is 5.32 Å². The van der Waals surface area contributed by atoms with E-state index < -0.39 is 0 Å². The third-order valence-electron chi connectivity index (χ3n) is 4.37. The summed E-state index contributed by atoms with van der Waals surface area (Å²) in [6.45, 7) is 2.38. The van der Waals surface area contributed by atoms with Crippen molar-refractivity contribution in [3.05, 3.63) is 17.2 Å².